The Balaban J connectivity index is 1.51. The Labute approximate surface area is 138 Å². The zero-order valence-electron chi connectivity index (χ0n) is 13.8. The summed E-state index contributed by atoms with van der Waals surface area (Å²) in [6.07, 6.45) is 9.32. The van der Waals surface area contributed by atoms with E-state index in [0.717, 1.165) is 30.5 Å². The highest BCUT2D eigenvalue weighted by Crippen LogP contribution is 2.26. The molecule has 0 radical (unpaired) electrons. The molecule has 1 aromatic rings. The number of hydrogen-bond acceptors (Lipinski definition) is 3. The third kappa shape index (κ3) is 4.79. The molecule has 0 saturated heterocycles. The summed E-state index contributed by atoms with van der Waals surface area (Å²) in [6.45, 7) is 0.628. The fourth-order valence-electron chi connectivity index (χ4n) is 3.68. The van der Waals surface area contributed by atoms with Crippen molar-refractivity contribution in [3.05, 3.63) is 29.8 Å². The number of ether oxygens (including phenoxy) is 1. The normalized spacial score (nSPS) is 25.4. The summed E-state index contributed by atoms with van der Waals surface area (Å²) in [5.41, 5.74) is 7.88. The van der Waals surface area contributed by atoms with Gasteiger partial charge in [0.15, 0.2) is 0 Å². The van der Waals surface area contributed by atoms with Gasteiger partial charge >= 0.3 is 0 Å². The van der Waals surface area contributed by atoms with E-state index in [1.807, 2.05) is 18.2 Å². The Hall–Kier alpha value is -1.39. The fraction of sp³-hybridized carbons (Fsp3) is 0.632. The van der Waals surface area contributed by atoms with Gasteiger partial charge in [0.1, 0.15) is 0 Å². The second-order valence-electron chi connectivity index (χ2n) is 7.03. The topological polar surface area (TPSA) is 64.4 Å². The number of nitrogens with two attached hydrogens (primary N) is 1. The molecule has 3 rings (SSSR count). The third-order valence-electron chi connectivity index (χ3n) is 5.08. The number of amides is 1. The van der Waals surface area contributed by atoms with Crippen LogP contribution < -0.4 is 11.1 Å². The zero-order chi connectivity index (χ0) is 16.1. The van der Waals surface area contributed by atoms with Crippen molar-refractivity contribution in [1.29, 1.82) is 0 Å². The van der Waals surface area contributed by atoms with Crippen molar-refractivity contribution in [3.63, 3.8) is 0 Å². The summed E-state index contributed by atoms with van der Waals surface area (Å²) in [4.78, 5) is 12.3. The van der Waals surface area contributed by atoms with Crippen LogP contribution >= 0.6 is 0 Å². The average molecular weight is 316 g/mol. The van der Waals surface area contributed by atoms with Gasteiger partial charge in [0.05, 0.1) is 12.7 Å². The first-order valence-electron chi connectivity index (χ1n) is 8.97. The van der Waals surface area contributed by atoms with E-state index in [4.69, 9.17) is 10.5 Å². The van der Waals surface area contributed by atoms with E-state index in [9.17, 15) is 4.79 Å². The monoisotopic (exact) mass is 316 g/mol. The van der Waals surface area contributed by atoms with E-state index >= 15 is 0 Å². The minimum atomic E-state index is 0.0622. The average Bonchev–Trinajstić information content (AvgIpc) is 3.01. The fourth-order valence-corrected chi connectivity index (χ4v) is 3.68. The molecule has 0 aliphatic heterocycles. The molecule has 4 heteroatoms. The van der Waals surface area contributed by atoms with Gasteiger partial charge in [-0.1, -0.05) is 31.4 Å². The first-order chi connectivity index (χ1) is 11.2. The van der Waals surface area contributed by atoms with Gasteiger partial charge in [-0.25, -0.2) is 0 Å². The van der Waals surface area contributed by atoms with Gasteiger partial charge in [-0.15, -0.1) is 0 Å². The minimum absolute atomic E-state index is 0.0622. The van der Waals surface area contributed by atoms with Crippen molar-refractivity contribution in [2.75, 3.05) is 5.32 Å². The number of rotatable bonds is 5. The number of hydrogen-bond donors (Lipinski definition) is 2. The van der Waals surface area contributed by atoms with E-state index < -0.39 is 0 Å². The van der Waals surface area contributed by atoms with Crippen LogP contribution in [0.3, 0.4) is 0 Å². The van der Waals surface area contributed by atoms with Crippen molar-refractivity contribution >= 4 is 11.6 Å². The largest absolute Gasteiger partial charge is 0.374 e. The molecule has 2 aliphatic rings. The first kappa shape index (κ1) is 16.5. The smallest absolute Gasteiger partial charge is 0.227 e. The number of anilines is 1. The Morgan fingerprint density at radius 2 is 2.00 bits per heavy atom. The third-order valence-corrected chi connectivity index (χ3v) is 5.08. The van der Waals surface area contributed by atoms with Crippen LogP contribution in [0.5, 0.6) is 0 Å². The molecule has 1 amide bonds. The predicted octanol–water partition coefficient (Wildman–Crippen LogP) is 3.60. The molecule has 2 atom stereocenters. The lowest BCUT2D eigenvalue weighted by atomic mass is 9.98. The molecule has 2 aliphatic carbocycles. The molecule has 0 spiro atoms. The second-order valence-corrected chi connectivity index (χ2v) is 7.03. The van der Waals surface area contributed by atoms with Gasteiger partial charge < -0.3 is 15.8 Å². The van der Waals surface area contributed by atoms with Crippen molar-refractivity contribution < 1.29 is 9.53 Å². The van der Waals surface area contributed by atoms with E-state index in [1.165, 1.54) is 32.1 Å². The summed E-state index contributed by atoms with van der Waals surface area (Å²) in [5, 5.41) is 3.03. The van der Waals surface area contributed by atoms with Gasteiger partial charge in [-0.05, 0) is 49.8 Å². The molecule has 0 bridgehead atoms. The standard InChI is InChI=1S/C19H28N2O2/c20-16-10-9-15(12-16)19(22)21-17-6-4-5-14(11-17)13-23-18-7-2-1-3-8-18/h4-6,11,15-16,18H,1-3,7-10,12-13,20H2,(H,21,22). The second kappa shape index (κ2) is 7.93. The van der Waals surface area contributed by atoms with Crippen LogP contribution in [0.4, 0.5) is 5.69 Å². The molecular formula is C19H28N2O2. The van der Waals surface area contributed by atoms with Crippen molar-refractivity contribution in [2.45, 2.75) is 70.1 Å². The number of nitrogens with one attached hydrogen (secondary N) is 1. The Bertz CT molecular complexity index is 526. The number of carbonyl (C=O) groups is 1. The maximum Gasteiger partial charge on any atom is 0.227 e. The molecule has 126 valence electrons. The number of benzene rings is 1. The van der Waals surface area contributed by atoms with E-state index in [1.54, 1.807) is 0 Å². The quantitative estimate of drug-likeness (QED) is 0.872. The lowest BCUT2D eigenvalue weighted by Gasteiger charge is -2.22. The molecule has 0 aromatic heterocycles. The van der Waals surface area contributed by atoms with Gasteiger partial charge in [0.25, 0.3) is 0 Å². The molecule has 2 saturated carbocycles. The van der Waals surface area contributed by atoms with Crippen LogP contribution in [0.2, 0.25) is 0 Å². The van der Waals surface area contributed by atoms with Crippen LogP contribution in [0.15, 0.2) is 24.3 Å². The van der Waals surface area contributed by atoms with Crippen LogP contribution in [0, 0.1) is 5.92 Å². The van der Waals surface area contributed by atoms with Gasteiger partial charge in [-0.3, -0.25) is 4.79 Å². The highest BCUT2D eigenvalue weighted by Gasteiger charge is 2.27. The molecular weight excluding hydrogens is 288 g/mol. The van der Waals surface area contributed by atoms with Gasteiger partial charge in [0.2, 0.25) is 5.91 Å². The van der Waals surface area contributed by atoms with E-state index in [-0.39, 0.29) is 17.9 Å². The molecule has 23 heavy (non-hydrogen) atoms. The van der Waals surface area contributed by atoms with Gasteiger partial charge in [-0.2, -0.15) is 0 Å². The van der Waals surface area contributed by atoms with E-state index in [0.29, 0.717) is 12.7 Å². The van der Waals surface area contributed by atoms with Crippen LogP contribution in [0.25, 0.3) is 0 Å². The van der Waals surface area contributed by atoms with Crippen molar-refractivity contribution in [3.8, 4) is 0 Å². The van der Waals surface area contributed by atoms with Crippen molar-refractivity contribution in [2.24, 2.45) is 11.7 Å². The lowest BCUT2D eigenvalue weighted by molar-refractivity contribution is -0.119. The Morgan fingerprint density at radius 3 is 2.74 bits per heavy atom. The maximum atomic E-state index is 12.3. The van der Waals surface area contributed by atoms with Crippen molar-refractivity contribution in [1.82, 2.24) is 0 Å². The summed E-state index contributed by atoms with van der Waals surface area (Å²) in [6, 6.07) is 8.19. The molecule has 0 heterocycles. The van der Waals surface area contributed by atoms with Crippen LogP contribution in [-0.4, -0.2) is 18.1 Å². The molecule has 2 fully saturated rings. The van der Waals surface area contributed by atoms with E-state index in [2.05, 4.69) is 11.4 Å². The van der Waals surface area contributed by atoms with Crippen LogP contribution in [-0.2, 0) is 16.1 Å². The Kier molecular flexibility index (Phi) is 5.68. The zero-order valence-corrected chi connectivity index (χ0v) is 13.8. The Morgan fingerprint density at radius 1 is 1.17 bits per heavy atom. The molecule has 2 unspecified atom stereocenters. The summed E-state index contributed by atoms with van der Waals surface area (Å²) in [7, 11) is 0. The van der Waals surface area contributed by atoms with Gasteiger partial charge in [0, 0.05) is 17.6 Å². The lowest BCUT2D eigenvalue weighted by Crippen LogP contribution is -2.23. The molecule has 4 nitrogen and oxygen atoms in total. The minimum Gasteiger partial charge on any atom is -0.374 e. The molecule has 1 aromatic carbocycles. The summed E-state index contributed by atoms with van der Waals surface area (Å²) >= 11 is 0. The number of carbonyl (C=O) groups excluding carboxylic acids is 1. The highest BCUT2D eigenvalue weighted by molar-refractivity contribution is 5.92. The first-order valence-corrected chi connectivity index (χ1v) is 8.97. The SMILES string of the molecule is NC1CCC(C(=O)Nc2cccc(COC3CCCCC3)c2)C1. The predicted molar refractivity (Wildman–Crippen MR) is 92.1 cm³/mol. The molecule has 3 N–H and O–H groups in total. The summed E-state index contributed by atoms with van der Waals surface area (Å²) in [5.74, 6) is 0.162. The maximum absolute atomic E-state index is 12.3. The summed E-state index contributed by atoms with van der Waals surface area (Å²) < 4.78 is 6.01. The highest BCUT2D eigenvalue weighted by atomic mass is 16.5. The van der Waals surface area contributed by atoms with Crippen LogP contribution in [0.1, 0.15) is 56.9 Å².